The van der Waals surface area contributed by atoms with Gasteiger partial charge in [-0.1, -0.05) is 13.8 Å². The first-order valence-electron chi connectivity index (χ1n) is 4.67. The molecular weight excluding hydrogens is 216 g/mol. The Morgan fingerprint density at radius 2 is 1.73 bits per heavy atom. The Kier molecular flexibility index (Phi) is 5.60. The van der Waals surface area contributed by atoms with E-state index in [-0.39, 0.29) is 0 Å². The number of alkyl halides is 4. The van der Waals surface area contributed by atoms with E-state index in [1.807, 2.05) is 0 Å². The fourth-order valence-corrected chi connectivity index (χ4v) is 0.970. The molecule has 0 aliphatic heterocycles. The second-order valence-electron chi connectivity index (χ2n) is 3.18. The summed E-state index contributed by atoms with van der Waals surface area (Å²) in [7, 11) is 0. The third-order valence-electron chi connectivity index (χ3n) is 2.05. The number of halogens is 4. The standard InChI is InChI=1S/C9H14F4O2/c1-3-6(4-2)7(14)15-5-9(12,13)8(10)11/h6,8H,3-5H2,1-2H3. The molecule has 0 N–H and O–H groups in total. The molecule has 6 heteroatoms. The summed E-state index contributed by atoms with van der Waals surface area (Å²) >= 11 is 0. The molecule has 0 fully saturated rings. The lowest BCUT2D eigenvalue weighted by molar-refractivity contribution is -0.182. The van der Waals surface area contributed by atoms with E-state index in [4.69, 9.17) is 0 Å². The van der Waals surface area contributed by atoms with E-state index in [0.717, 1.165) is 0 Å². The van der Waals surface area contributed by atoms with Crippen LogP contribution in [-0.4, -0.2) is 24.9 Å². The smallest absolute Gasteiger partial charge is 0.340 e. The highest BCUT2D eigenvalue weighted by Crippen LogP contribution is 2.23. The molecule has 0 unspecified atom stereocenters. The van der Waals surface area contributed by atoms with Crippen molar-refractivity contribution in [3.8, 4) is 0 Å². The molecule has 0 spiro atoms. The van der Waals surface area contributed by atoms with Gasteiger partial charge >= 0.3 is 18.3 Å². The van der Waals surface area contributed by atoms with Crippen molar-refractivity contribution in [2.24, 2.45) is 5.92 Å². The van der Waals surface area contributed by atoms with Crippen LogP contribution in [0.15, 0.2) is 0 Å². The summed E-state index contributed by atoms with van der Waals surface area (Å²) < 4.78 is 52.2. The van der Waals surface area contributed by atoms with E-state index in [0.29, 0.717) is 12.8 Å². The molecule has 90 valence electrons. The zero-order valence-corrected chi connectivity index (χ0v) is 8.60. The molecule has 2 nitrogen and oxygen atoms in total. The minimum atomic E-state index is -4.26. The van der Waals surface area contributed by atoms with Crippen molar-refractivity contribution < 1.29 is 27.1 Å². The van der Waals surface area contributed by atoms with Gasteiger partial charge in [-0.15, -0.1) is 0 Å². The van der Waals surface area contributed by atoms with Gasteiger partial charge in [-0.2, -0.15) is 8.78 Å². The summed E-state index contributed by atoms with van der Waals surface area (Å²) in [6, 6.07) is 0. The molecule has 0 aromatic heterocycles. The van der Waals surface area contributed by atoms with Crippen LogP contribution in [0.4, 0.5) is 17.6 Å². The van der Waals surface area contributed by atoms with Crippen LogP contribution in [0.1, 0.15) is 26.7 Å². The maximum Gasteiger partial charge on any atom is 0.340 e. The fourth-order valence-electron chi connectivity index (χ4n) is 0.970. The SMILES string of the molecule is CCC(CC)C(=O)OCC(F)(F)C(F)F. The number of carbonyl (C=O) groups is 1. The summed E-state index contributed by atoms with van der Waals surface area (Å²) in [4.78, 5) is 11.1. The summed E-state index contributed by atoms with van der Waals surface area (Å²) in [5, 5.41) is 0. The van der Waals surface area contributed by atoms with E-state index in [1.54, 1.807) is 13.8 Å². The molecule has 0 aromatic carbocycles. The number of ether oxygens (including phenoxy) is 1. The first-order chi connectivity index (χ1) is 6.85. The quantitative estimate of drug-likeness (QED) is 0.518. The lowest BCUT2D eigenvalue weighted by atomic mass is 10.0. The third-order valence-corrected chi connectivity index (χ3v) is 2.05. The summed E-state index contributed by atoms with van der Waals surface area (Å²) in [6.45, 7) is 1.83. The van der Waals surface area contributed by atoms with Crippen LogP contribution in [-0.2, 0) is 9.53 Å². The number of rotatable bonds is 6. The minimum Gasteiger partial charge on any atom is -0.459 e. The summed E-state index contributed by atoms with van der Waals surface area (Å²) in [5.74, 6) is -5.61. The van der Waals surface area contributed by atoms with E-state index in [2.05, 4.69) is 4.74 Å². The van der Waals surface area contributed by atoms with Crippen molar-refractivity contribution in [3.05, 3.63) is 0 Å². The van der Waals surface area contributed by atoms with Gasteiger partial charge in [0, 0.05) is 0 Å². The minimum absolute atomic E-state index is 0.440. The molecule has 0 heterocycles. The molecule has 0 aliphatic rings. The Hall–Kier alpha value is -0.810. The molecule has 0 aromatic rings. The number of hydrogen-bond donors (Lipinski definition) is 0. The lowest BCUT2D eigenvalue weighted by Crippen LogP contribution is -2.34. The highest BCUT2D eigenvalue weighted by Gasteiger charge is 2.42. The van der Waals surface area contributed by atoms with Crippen molar-refractivity contribution >= 4 is 5.97 Å². The highest BCUT2D eigenvalue weighted by atomic mass is 19.3. The van der Waals surface area contributed by atoms with Crippen LogP contribution in [0.3, 0.4) is 0 Å². The average molecular weight is 230 g/mol. The average Bonchev–Trinajstić information content (AvgIpc) is 2.16. The first-order valence-corrected chi connectivity index (χ1v) is 4.67. The van der Waals surface area contributed by atoms with Crippen molar-refractivity contribution in [1.29, 1.82) is 0 Å². The van der Waals surface area contributed by atoms with Crippen LogP contribution in [0.5, 0.6) is 0 Å². The van der Waals surface area contributed by atoms with Crippen LogP contribution in [0, 0.1) is 5.92 Å². The zero-order chi connectivity index (χ0) is 12.1. The van der Waals surface area contributed by atoms with E-state index in [1.165, 1.54) is 0 Å². The number of hydrogen-bond acceptors (Lipinski definition) is 2. The maximum absolute atomic E-state index is 12.4. The van der Waals surface area contributed by atoms with E-state index in [9.17, 15) is 22.4 Å². The van der Waals surface area contributed by atoms with Crippen molar-refractivity contribution in [2.45, 2.75) is 39.0 Å². The molecular formula is C9H14F4O2. The zero-order valence-electron chi connectivity index (χ0n) is 8.60. The summed E-state index contributed by atoms with van der Waals surface area (Å²) in [5.41, 5.74) is 0. The van der Waals surface area contributed by atoms with Crippen molar-refractivity contribution in [3.63, 3.8) is 0 Å². The van der Waals surface area contributed by atoms with Gasteiger partial charge in [0.1, 0.15) is 0 Å². The van der Waals surface area contributed by atoms with Gasteiger partial charge in [-0.3, -0.25) is 4.79 Å². The molecule has 0 amide bonds. The second kappa shape index (κ2) is 5.92. The molecule has 0 rings (SSSR count). The molecule has 0 saturated heterocycles. The van der Waals surface area contributed by atoms with Gasteiger partial charge in [0.2, 0.25) is 0 Å². The van der Waals surface area contributed by atoms with Gasteiger partial charge in [-0.05, 0) is 12.8 Å². The van der Waals surface area contributed by atoms with Crippen LogP contribution in [0.2, 0.25) is 0 Å². The van der Waals surface area contributed by atoms with Crippen LogP contribution in [0.25, 0.3) is 0 Å². The normalized spacial score (nSPS) is 12.3. The van der Waals surface area contributed by atoms with Gasteiger partial charge in [0.25, 0.3) is 0 Å². The maximum atomic E-state index is 12.4. The van der Waals surface area contributed by atoms with E-state index >= 15 is 0 Å². The Balaban J connectivity index is 4.10. The van der Waals surface area contributed by atoms with Crippen LogP contribution >= 0.6 is 0 Å². The number of esters is 1. The number of carbonyl (C=O) groups excluding carboxylic acids is 1. The molecule has 0 saturated carbocycles. The Bertz CT molecular complexity index is 202. The topological polar surface area (TPSA) is 26.3 Å². The molecule has 0 aliphatic carbocycles. The predicted molar refractivity (Wildman–Crippen MR) is 46.0 cm³/mol. The van der Waals surface area contributed by atoms with Gasteiger partial charge in [0.05, 0.1) is 5.92 Å². The summed E-state index contributed by atoms with van der Waals surface area (Å²) in [6.07, 6.45) is -2.93. The molecule has 15 heavy (non-hydrogen) atoms. The Labute approximate surface area is 85.6 Å². The monoisotopic (exact) mass is 230 g/mol. The first kappa shape index (κ1) is 14.2. The molecule has 0 atom stereocenters. The van der Waals surface area contributed by atoms with Gasteiger partial charge in [0.15, 0.2) is 6.61 Å². The third kappa shape index (κ3) is 4.48. The second-order valence-corrected chi connectivity index (χ2v) is 3.18. The van der Waals surface area contributed by atoms with Crippen LogP contribution < -0.4 is 0 Å². The highest BCUT2D eigenvalue weighted by molar-refractivity contribution is 5.72. The predicted octanol–water partition coefficient (Wildman–Crippen LogP) is 2.87. The fraction of sp³-hybridized carbons (Fsp3) is 0.889. The van der Waals surface area contributed by atoms with Gasteiger partial charge < -0.3 is 4.74 Å². The lowest BCUT2D eigenvalue weighted by Gasteiger charge is -2.17. The molecule has 0 radical (unpaired) electrons. The van der Waals surface area contributed by atoms with Crippen molar-refractivity contribution in [2.75, 3.05) is 6.61 Å². The molecule has 0 bridgehead atoms. The largest absolute Gasteiger partial charge is 0.459 e. The van der Waals surface area contributed by atoms with E-state index < -0.39 is 30.8 Å². The van der Waals surface area contributed by atoms with Crippen molar-refractivity contribution in [1.82, 2.24) is 0 Å². The van der Waals surface area contributed by atoms with Gasteiger partial charge in [-0.25, -0.2) is 8.78 Å². The Morgan fingerprint density at radius 1 is 1.27 bits per heavy atom. The Morgan fingerprint density at radius 3 is 2.07 bits per heavy atom.